The van der Waals surface area contributed by atoms with Crippen molar-refractivity contribution < 1.29 is 33.3 Å². The van der Waals surface area contributed by atoms with Gasteiger partial charge in [0.05, 0.1) is 30.4 Å². The maximum atomic E-state index is 12.9. The van der Waals surface area contributed by atoms with Crippen LogP contribution in [0.4, 0.5) is 22.2 Å². The van der Waals surface area contributed by atoms with Crippen molar-refractivity contribution in [1.82, 2.24) is 45.0 Å². The van der Waals surface area contributed by atoms with Gasteiger partial charge >= 0.3 is 6.03 Å². The van der Waals surface area contributed by atoms with Gasteiger partial charge in [0, 0.05) is 24.8 Å². The van der Waals surface area contributed by atoms with E-state index in [4.69, 9.17) is 19.8 Å². The number of aromatic nitrogens is 8. The molecule has 2 aliphatic heterocycles. The largest absolute Gasteiger partial charge is 0.394 e. The molecule has 2 fully saturated rings. The molecule has 20 nitrogen and oxygen atoms in total. The molecule has 8 N–H and O–H groups in total. The minimum atomic E-state index is -3.95. The number of tetrazole rings is 1. The number of amides is 2. The molecule has 2 amide bonds. The molecule has 2 saturated heterocycles. The number of benzene rings is 2. The Balaban J connectivity index is 1.15. The van der Waals surface area contributed by atoms with Gasteiger partial charge in [0.25, 0.3) is 0 Å². The molecule has 0 unspecified atom stereocenters. The predicted octanol–water partition coefficient (Wildman–Crippen LogP) is -0.112. The number of aliphatic hydroxyl groups is 3. The van der Waals surface area contributed by atoms with E-state index in [1.165, 1.54) is 33.9 Å². The Morgan fingerprint density at radius 1 is 1.11 bits per heavy atom. The molecule has 0 saturated carbocycles. The zero-order valence-corrected chi connectivity index (χ0v) is 29.3. The quantitative estimate of drug-likeness (QED) is 0.0877. The van der Waals surface area contributed by atoms with Crippen LogP contribution in [0, 0.1) is 0 Å². The van der Waals surface area contributed by atoms with Crippen molar-refractivity contribution in [1.29, 1.82) is 0 Å². The summed E-state index contributed by atoms with van der Waals surface area (Å²) in [7, 11) is -3.95. The molecule has 2 aromatic carbocycles. The van der Waals surface area contributed by atoms with Crippen molar-refractivity contribution in [2.24, 2.45) is 5.14 Å². The fourth-order valence-electron chi connectivity index (χ4n) is 6.36. The summed E-state index contributed by atoms with van der Waals surface area (Å²) in [6, 6.07) is 14.0. The van der Waals surface area contributed by atoms with Crippen LogP contribution in [0.2, 0.25) is 0 Å². The minimum absolute atomic E-state index is 0.117. The number of urea groups is 1. The van der Waals surface area contributed by atoms with Crippen LogP contribution >= 0.6 is 0 Å². The van der Waals surface area contributed by atoms with Crippen LogP contribution in [0.3, 0.4) is 0 Å². The van der Waals surface area contributed by atoms with E-state index in [1.54, 1.807) is 6.07 Å². The lowest BCUT2D eigenvalue weighted by atomic mass is 10.1. The average Bonchev–Trinajstić information content (AvgIpc) is 3.95. The molecular weight excluding hydrogens is 711 g/mol. The molecule has 0 aliphatic carbocycles. The number of nitrogens with zero attached hydrogens (tertiary/aromatic N) is 9. The van der Waals surface area contributed by atoms with Crippen LogP contribution in [0.5, 0.6) is 0 Å². The number of primary sulfonamides is 1. The molecule has 6 atom stereocenters. The number of aliphatic hydroxyl groups excluding tert-OH is 3. The number of ether oxygens (including phenoxy) is 1. The molecule has 2 aliphatic rings. The molecule has 0 spiro atoms. The van der Waals surface area contributed by atoms with Gasteiger partial charge in [-0.1, -0.05) is 36.4 Å². The second-order valence-corrected chi connectivity index (χ2v) is 14.3. The standard InChI is InChI=1S/C32H39N13O7S/c1-2-45-41-28(40-42-45)26-24(47)25(48)30(52-26)44-17-34-23-27(35-21(16-46)13-18-7-4-3-5-8-18)38-31(39-29(23)44)43-12-11-20(15-43)37-32(49)36-19-9-6-10-22(14-19)53(33,50)51/h3-10,14,17,20-21,24-26,30,46-48H,2,11-13,15-16H2,1H3,(H2,33,50,51)(H,35,38,39)(H2,36,37,49)/t20-,21+,24+,25-,26+,30-/m1/s1. The predicted molar refractivity (Wildman–Crippen MR) is 189 cm³/mol. The monoisotopic (exact) mass is 749 g/mol. The highest BCUT2D eigenvalue weighted by Gasteiger charge is 2.47. The van der Waals surface area contributed by atoms with Gasteiger partial charge in [0.15, 0.2) is 29.3 Å². The molecule has 5 aromatic rings. The Hall–Kier alpha value is -5.32. The summed E-state index contributed by atoms with van der Waals surface area (Å²) in [4.78, 5) is 30.2. The van der Waals surface area contributed by atoms with Crippen molar-refractivity contribution in [2.45, 2.75) is 67.8 Å². The van der Waals surface area contributed by atoms with Crippen LogP contribution < -0.4 is 26.0 Å². The van der Waals surface area contributed by atoms with E-state index in [1.807, 2.05) is 42.2 Å². The van der Waals surface area contributed by atoms with Gasteiger partial charge in [0.1, 0.15) is 12.2 Å². The summed E-state index contributed by atoms with van der Waals surface area (Å²) in [6.07, 6.45) is -2.55. The molecule has 280 valence electrons. The van der Waals surface area contributed by atoms with E-state index in [0.717, 1.165) is 5.56 Å². The number of imidazole rings is 1. The first-order chi connectivity index (χ1) is 25.5. The number of anilines is 3. The van der Waals surface area contributed by atoms with Crippen LogP contribution in [-0.4, -0.2) is 113 Å². The van der Waals surface area contributed by atoms with Crippen molar-refractivity contribution in [3.8, 4) is 0 Å². The minimum Gasteiger partial charge on any atom is -0.394 e. The normalized spacial score (nSPS) is 22.3. The Kier molecular flexibility index (Phi) is 10.2. The number of nitrogens with one attached hydrogen (secondary N) is 3. The number of rotatable bonds is 12. The van der Waals surface area contributed by atoms with E-state index in [-0.39, 0.29) is 40.7 Å². The van der Waals surface area contributed by atoms with E-state index in [9.17, 15) is 28.5 Å². The summed E-state index contributed by atoms with van der Waals surface area (Å²) in [5.41, 5.74) is 1.86. The smallest absolute Gasteiger partial charge is 0.319 e. The van der Waals surface area contributed by atoms with Crippen molar-refractivity contribution >= 4 is 44.7 Å². The zero-order chi connectivity index (χ0) is 37.3. The Bertz CT molecular complexity index is 2180. The second kappa shape index (κ2) is 15.0. The van der Waals surface area contributed by atoms with Gasteiger partial charge in [0.2, 0.25) is 21.8 Å². The zero-order valence-electron chi connectivity index (χ0n) is 28.5. The highest BCUT2D eigenvalue weighted by atomic mass is 32.2. The lowest BCUT2D eigenvalue weighted by Crippen LogP contribution is -2.40. The molecular formula is C32H39N13O7S. The lowest BCUT2D eigenvalue weighted by molar-refractivity contribution is -0.0384. The molecule has 53 heavy (non-hydrogen) atoms. The van der Waals surface area contributed by atoms with Crippen LogP contribution in [0.25, 0.3) is 11.2 Å². The molecule has 0 bridgehead atoms. The molecule has 5 heterocycles. The first-order valence-electron chi connectivity index (χ1n) is 16.9. The van der Waals surface area contributed by atoms with Crippen LogP contribution in [0.15, 0.2) is 65.8 Å². The van der Waals surface area contributed by atoms with E-state index < -0.39 is 46.6 Å². The third-order valence-electron chi connectivity index (χ3n) is 9.04. The molecule has 21 heteroatoms. The summed E-state index contributed by atoms with van der Waals surface area (Å²) in [5.74, 6) is 0.715. The first kappa shape index (κ1) is 36.1. The topological polar surface area (TPSA) is 274 Å². The van der Waals surface area contributed by atoms with Crippen LogP contribution in [0.1, 0.15) is 37.1 Å². The molecule has 7 rings (SSSR count). The maximum Gasteiger partial charge on any atom is 0.319 e. The highest BCUT2D eigenvalue weighted by Crippen LogP contribution is 2.39. The van der Waals surface area contributed by atoms with Gasteiger partial charge in [-0.15, -0.1) is 10.2 Å². The summed E-state index contributed by atoms with van der Waals surface area (Å²) in [6.45, 7) is 2.85. The van der Waals surface area contributed by atoms with Crippen molar-refractivity contribution in [3.63, 3.8) is 0 Å². The Morgan fingerprint density at radius 3 is 2.66 bits per heavy atom. The first-order valence-corrected chi connectivity index (χ1v) is 18.5. The number of hydrogen-bond donors (Lipinski definition) is 7. The number of carbonyl (C=O) groups excluding carboxylic acids is 1. The Morgan fingerprint density at radius 2 is 1.92 bits per heavy atom. The summed E-state index contributed by atoms with van der Waals surface area (Å²) < 4.78 is 31.1. The van der Waals surface area contributed by atoms with Gasteiger partial charge in [-0.3, -0.25) is 4.57 Å². The fraction of sp³-hybridized carbons (Fsp3) is 0.406. The number of carbonyl (C=O) groups is 1. The third kappa shape index (κ3) is 7.75. The van der Waals surface area contributed by atoms with Crippen LogP contribution in [-0.2, 0) is 27.7 Å². The molecule has 0 radical (unpaired) electrons. The highest BCUT2D eigenvalue weighted by molar-refractivity contribution is 7.89. The van der Waals surface area contributed by atoms with Gasteiger partial charge in [-0.25, -0.2) is 23.3 Å². The van der Waals surface area contributed by atoms with E-state index in [0.29, 0.717) is 43.8 Å². The maximum absolute atomic E-state index is 12.9. The number of sulfonamides is 1. The number of fused-ring (bicyclic) bond motifs is 1. The second-order valence-electron chi connectivity index (χ2n) is 12.8. The van der Waals surface area contributed by atoms with Crippen molar-refractivity contribution in [2.75, 3.05) is 35.2 Å². The lowest BCUT2D eigenvalue weighted by Gasteiger charge is -2.22. The summed E-state index contributed by atoms with van der Waals surface area (Å²) in [5, 5.41) is 58.7. The van der Waals surface area contributed by atoms with Gasteiger partial charge in [-0.05, 0) is 48.7 Å². The number of nitrogens with two attached hydrogens (primary N) is 1. The van der Waals surface area contributed by atoms with E-state index in [2.05, 4.69) is 36.3 Å². The SMILES string of the molecule is CCn1nnc([C@H]2O[C@@H](n3cnc4c(N[C@H](CO)Cc5ccccc5)nc(N5CC[C@@H](NC(=O)Nc6cccc(S(N)(=O)=O)c6)C5)nc43)[C@H](O)[C@@H]2O)n1. The van der Waals surface area contributed by atoms with Crippen molar-refractivity contribution in [3.05, 3.63) is 72.3 Å². The van der Waals surface area contributed by atoms with Gasteiger partial charge < -0.3 is 40.9 Å². The number of aryl methyl sites for hydroxylation is 1. The Labute approximate surface area is 303 Å². The van der Waals surface area contributed by atoms with E-state index >= 15 is 0 Å². The average molecular weight is 750 g/mol. The molecule has 3 aromatic heterocycles. The fourth-order valence-corrected chi connectivity index (χ4v) is 6.92. The summed E-state index contributed by atoms with van der Waals surface area (Å²) >= 11 is 0. The van der Waals surface area contributed by atoms with Gasteiger partial charge in [-0.2, -0.15) is 14.8 Å². The third-order valence-corrected chi connectivity index (χ3v) is 9.95. The number of hydrogen-bond acceptors (Lipinski definition) is 15.